The summed E-state index contributed by atoms with van der Waals surface area (Å²) < 4.78 is 2.22. The number of carbonyl (C=O) groups excluding carboxylic acids is 2. The standard InChI is InChI=1S/C35H31N3O2/c1-23-15-17-25(18-16-23)33-32(29-13-7-8-14-30(29)36(33)2)34-27-11-5-6-12-28(27)35(40)38(34)22-31(39)37-20-19-24-9-3-4-10-26(24)21-37/h3-18,34H,19-22H2,1-2H3. The molecule has 1 unspecified atom stereocenters. The van der Waals surface area contributed by atoms with Crippen LogP contribution in [0.3, 0.4) is 0 Å². The fraction of sp³-hybridized carbons (Fsp3) is 0.200. The number of amides is 2. The van der Waals surface area contributed by atoms with Crippen LogP contribution in [0.1, 0.15) is 44.2 Å². The van der Waals surface area contributed by atoms with E-state index in [2.05, 4.69) is 73.1 Å². The lowest BCUT2D eigenvalue weighted by molar-refractivity contribution is -0.133. The van der Waals surface area contributed by atoms with Crippen molar-refractivity contribution in [3.8, 4) is 11.3 Å². The molecule has 2 aliphatic heterocycles. The van der Waals surface area contributed by atoms with Gasteiger partial charge in [-0.25, -0.2) is 0 Å². The number of benzene rings is 4. The fourth-order valence-corrected chi connectivity index (χ4v) is 6.56. The number of aryl methyl sites for hydroxylation is 2. The molecule has 198 valence electrons. The molecule has 7 rings (SSSR count). The van der Waals surface area contributed by atoms with Crippen LogP contribution in [0, 0.1) is 6.92 Å². The first-order valence-electron chi connectivity index (χ1n) is 13.9. The Balaban J connectivity index is 1.35. The van der Waals surface area contributed by atoms with Gasteiger partial charge in [0.15, 0.2) is 0 Å². The minimum absolute atomic E-state index is 0.0159. The topological polar surface area (TPSA) is 45.6 Å². The monoisotopic (exact) mass is 525 g/mol. The summed E-state index contributed by atoms with van der Waals surface area (Å²) in [5.74, 6) is -0.105. The van der Waals surface area contributed by atoms with E-state index < -0.39 is 0 Å². The predicted octanol–water partition coefficient (Wildman–Crippen LogP) is 6.28. The van der Waals surface area contributed by atoms with Crippen molar-refractivity contribution in [2.24, 2.45) is 7.05 Å². The maximum Gasteiger partial charge on any atom is 0.255 e. The highest BCUT2D eigenvalue weighted by Crippen LogP contribution is 2.46. The summed E-state index contributed by atoms with van der Waals surface area (Å²) in [5.41, 5.74) is 9.63. The quantitative estimate of drug-likeness (QED) is 0.277. The largest absolute Gasteiger partial charge is 0.343 e. The van der Waals surface area contributed by atoms with Crippen LogP contribution in [-0.4, -0.2) is 39.3 Å². The Hall–Kier alpha value is -4.64. The molecule has 1 aromatic heterocycles. The number of carbonyl (C=O) groups is 2. The lowest BCUT2D eigenvalue weighted by Crippen LogP contribution is -2.44. The maximum absolute atomic E-state index is 14.0. The molecule has 2 amide bonds. The van der Waals surface area contributed by atoms with Gasteiger partial charge in [0.1, 0.15) is 6.54 Å². The van der Waals surface area contributed by atoms with E-state index in [0.29, 0.717) is 18.7 Å². The van der Waals surface area contributed by atoms with Crippen LogP contribution < -0.4 is 0 Å². The highest BCUT2D eigenvalue weighted by atomic mass is 16.2. The van der Waals surface area contributed by atoms with E-state index in [-0.39, 0.29) is 24.4 Å². The van der Waals surface area contributed by atoms with Crippen LogP contribution >= 0.6 is 0 Å². The predicted molar refractivity (Wildman–Crippen MR) is 158 cm³/mol. The molecule has 5 aromatic rings. The highest BCUT2D eigenvalue weighted by Gasteiger charge is 2.42. The minimum atomic E-state index is -0.368. The Morgan fingerprint density at radius 2 is 1.55 bits per heavy atom. The van der Waals surface area contributed by atoms with Crippen molar-refractivity contribution < 1.29 is 9.59 Å². The van der Waals surface area contributed by atoms with Gasteiger partial charge in [-0.1, -0.05) is 90.5 Å². The normalized spacial score (nSPS) is 16.4. The molecule has 5 nitrogen and oxygen atoms in total. The molecule has 40 heavy (non-hydrogen) atoms. The summed E-state index contributed by atoms with van der Waals surface area (Å²) >= 11 is 0. The first kappa shape index (κ1) is 24.4. The van der Waals surface area contributed by atoms with Crippen LogP contribution in [0.4, 0.5) is 0 Å². The molecule has 0 N–H and O–H groups in total. The molecule has 0 radical (unpaired) electrons. The lowest BCUT2D eigenvalue weighted by Gasteiger charge is -2.32. The molecule has 3 heterocycles. The van der Waals surface area contributed by atoms with E-state index in [9.17, 15) is 9.59 Å². The van der Waals surface area contributed by atoms with E-state index in [1.54, 1.807) is 4.90 Å². The summed E-state index contributed by atoms with van der Waals surface area (Å²) in [6.45, 7) is 3.37. The molecule has 1 atom stereocenters. The number of aromatic nitrogens is 1. The fourth-order valence-electron chi connectivity index (χ4n) is 6.56. The average molecular weight is 526 g/mol. The van der Waals surface area contributed by atoms with Crippen molar-refractivity contribution in [2.45, 2.75) is 25.9 Å². The maximum atomic E-state index is 14.0. The first-order chi connectivity index (χ1) is 19.5. The van der Waals surface area contributed by atoms with E-state index in [1.165, 1.54) is 16.7 Å². The Kier molecular flexibility index (Phi) is 5.81. The van der Waals surface area contributed by atoms with Gasteiger partial charge < -0.3 is 14.4 Å². The molecule has 0 saturated heterocycles. The van der Waals surface area contributed by atoms with Crippen molar-refractivity contribution in [1.82, 2.24) is 14.4 Å². The first-order valence-corrected chi connectivity index (χ1v) is 13.9. The van der Waals surface area contributed by atoms with Crippen molar-refractivity contribution in [1.29, 1.82) is 0 Å². The number of hydrogen-bond acceptors (Lipinski definition) is 2. The minimum Gasteiger partial charge on any atom is -0.343 e. The van der Waals surface area contributed by atoms with Gasteiger partial charge in [-0.05, 0) is 47.7 Å². The van der Waals surface area contributed by atoms with Crippen LogP contribution in [0.25, 0.3) is 22.2 Å². The second kappa shape index (κ2) is 9.53. The zero-order valence-corrected chi connectivity index (χ0v) is 22.8. The second-order valence-corrected chi connectivity index (χ2v) is 11.0. The van der Waals surface area contributed by atoms with Gasteiger partial charge in [-0.3, -0.25) is 9.59 Å². The van der Waals surface area contributed by atoms with Gasteiger partial charge in [0, 0.05) is 42.2 Å². The number of rotatable bonds is 4. The molecular weight excluding hydrogens is 494 g/mol. The molecule has 0 bridgehead atoms. The summed E-state index contributed by atoms with van der Waals surface area (Å²) in [6.07, 6.45) is 0.834. The second-order valence-electron chi connectivity index (χ2n) is 11.0. The number of para-hydroxylation sites is 1. The van der Waals surface area contributed by atoms with Crippen LogP contribution in [0.15, 0.2) is 97.1 Å². The van der Waals surface area contributed by atoms with Gasteiger partial charge in [0.2, 0.25) is 5.91 Å². The van der Waals surface area contributed by atoms with Gasteiger partial charge >= 0.3 is 0 Å². The van der Waals surface area contributed by atoms with E-state index in [1.807, 2.05) is 47.4 Å². The highest BCUT2D eigenvalue weighted by molar-refractivity contribution is 6.03. The molecule has 4 aromatic carbocycles. The molecule has 0 aliphatic carbocycles. The zero-order chi connectivity index (χ0) is 27.4. The van der Waals surface area contributed by atoms with Crippen molar-refractivity contribution in [3.63, 3.8) is 0 Å². The SMILES string of the molecule is Cc1ccc(-c2c(C3c4ccccc4C(=O)N3CC(=O)N3CCc4ccccc4C3)c3ccccc3n2C)cc1. The Morgan fingerprint density at radius 1 is 0.850 bits per heavy atom. The summed E-state index contributed by atoms with van der Waals surface area (Å²) in [5, 5.41) is 1.10. The van der Waals surface area contributed by atoms with Crippen molar-refractivity contribution in [2.75, 3.05) is 13.1 Å². The smallest absolute Gasteiger partial charge is 0.255 e. The summed E-state index contributed by atoms with van der Waals surface area (Å²) in [7, 11) is 2.09. The van der Waals surface area contributed by atoms with Crippen LogP contribution in [0.2, 0.25) is 0 Å². The summed E-state index contributed by atoms with van der Waals surface area (Å²) in [6, 6.07) is 32.7. The molecule has 0 fully saturated rings. The Labute approximate surface area is 234 Å². The van der Waals surface area contributed by atoms with E-state index in [0.717, 1.165) is 39.7 Å². The van der Waals surface area contributed by atoms with Crippen LogP contribution in [-0.2, 0) is 24.8 Å². The van der Waals surface area contributed by atoms with Gasteiger partial charge in [0.25, 0.3) is 5.91 Å². The molecule has 5 heteroatoms. The molecule has 2 aliphatic rings. The van der Waals surface area contributed by atoms with Gasteiger partial charge in [-0.2, -0.15) is 0 Å². The molecule has 0 spiro atoms. The van der Waals surface area contributed by atoms with Gasteiger partial charge in [0.05, 0.1) is 11.7 Å². The zero-order valence-electron chi connectivity index (χ0n) is 22.8. The summed E-state index contributed by atoms with van der Waals surface area (Å²) in [4.78, 5) is 31.5. The third-order valence-electron chi connectivity index (χ3n) is 8.59. The number of fused-ring (bicyclic) bond motifs is 3. The van der Waals surface area contributed by atoms with Gasteiger partial charge in [-0.15, -0.1) is 0 Å². The van der Waals surface area contributed by atoms with Crippen LogP contribution in [0.5, 0.6) is 0 Å². The molecular formula is C35H31N3O2. The average Bonchev–Trinajstić information content (AvgIpc) is 3.43. The van der Waals surface area contributed by atoms with E-state index in [4.69, 9.17) is 0 Å². The Bertz CT molecular complexity index is 1780. The molecule has 0 saturated carbocycles. The van der Waals surface area contributed by atoms with Crippen molar-refractivity contribution >= 4 is 22.7 Å². The Morgan fingerprint density at radius 3 is 2.38 bits per heavy atom. The third-order valence-corrected chi connectivity index (χ3v) is 8.59. The van der Waals surface area contributed by atoms with Crippen molar-refractivity contribution in [3.05, 3.63) is 130 Å². The third kappa shape index (κ3) is 3.84. The lowest BCUT2D eigenvalue weighted by atomic mass is 9.93. The number of nitrogens with zero attached hydrogens (tertiary/aromatic N) is 3. The van der Waals surface area contributed by atoms with E-state index >= 15 is 0 Å². The number of hydrogen-bond donors (Lipinski definition) is 0.